The molecule has 1 aromatic heterocycles. The fourth-order valence-corrected chi connectivity index (χ4v) is 1.74. The van der Waals surface area contributed by atoms with Crippen LogP contribution in [0.15, 0.2) is 6.07 Å². The molecule has 0 unspecified atom stereocenters. The molecule has 0 aliphatic carbocycles. The number of hydrogen-bond acceptors (Lipinski definition) is 5. The highest BCUT2D eigenvalue weighted by molar-refractivity contribution is 6.42. The summed E-state index contributed by atoms with van der Waals surface area (Å²) in [7, 11) is 1.62. The summed E-state index contributed by atoms with van der Waals surface area (Å²) in [6.07, 6.45) is 0. The summed E-state index contributed by atoms with van der Waals surface area (Å²) >= 11 is 17.4. The molecule has 5 nitrogen and oxygen atoms in total. The van der Waals surface area contributed by atoms with Crippen LogP contribution < -0.4 is 4.74 Å². The Hall–Kier alpha value is -0.300. The molecule has 0 saturated carbocycles. The summed E-state index contributed by atoms with van der Waals surface area (Å²) < 4.78 is 20.7. The van der Waals surface area contributed by atoms with Gasteiger partial charge in [-0.15, -0.1) is 0 Å². The third kappa shape index (κ3) is 6.92. The summed E-state index contributed by atoms with van der Waals surface area (Å²) in [5.41, 5.74) is 0. The average Bonchev–Trinajstić information content (AvgIpc) is 2.42. The fraction of sp³-hybridized carbons (Fsp3) is 0.583. The summed E-state index contributed by atoms with van der Waals surface area (Å²) in [6, 6.07) is 1.48. The number of aromatic nitrogens is 1. The predicted molar refractivity (Wildman–Crippen MR) is 78.3 cm³/mol. The lowest BCUT2D eigenvalue weighted by atomic mass is 10.5. The van der Waals surface area contributed by atoms with E-state index < -0.39 is 0 Å². The van der Waals surface area contributed by atoms with E-state index in [4.69, 9.17) is 53.8 Å². The molecule has 0 fully saturated rings. The van der Waals surface area contributed by atoms with Crippen molar-refractivity contribution >= 4 is 34.8 Å². The Kier molecular flexibility index (Phi) is 9.26. The standard InChI is InChI=1S/C12H16Cl3NO4/c1-17-2-3-18-4-5-19-6-7-20-12-10(14)8-9(13)11(15)16-12/h8H,2-7H2,1H3. The molecule has 0 aliphatic rings. The first kappa shape index (κ1) is 17.8. The van der Waals surface area contributed by atoms with Crippen LogP contribution in [0, 0.1) is 0 Å². The van der Waals surface area contributed by atoms with Gasteiger partial charge in [-0.25, -0.2) is 0 Å². The Morgan fingerprint density at radius 3 is 2.15 bits per heavy atom. The van der Waals surface area contributed by atoms with Gasteiger partial charge in [-0.2, -0.15) is 4.98 Å². The van der Waals surface area contributed by atoms with Gasteiger partial charge in [-0.05, 0) is 6.07 Å². The SMILES string of the molecule is COCCOCCOCCOc1nc(Cl)c(Cl)cc1Cl. The molecule has 0 radical (unpaired) electrons. The first-order valence-corrected chi connectivity index (χ1v) is 7.07. The number of rotatable bonds is 10. The first-order valence-electron chi connectivity index (χ1n) is 5.94. The van der Waals surface area contributed by atoms with Crippen molar-refractivity contribution in [1.29, 1.82) is 0 Å². The molecular weight excluding hydrogens is 328 g/mol. The number of pyridine rings is 1. The van der Waals surface area contributed by atoms with Crippen molar-refractivity contribution in [2.75, 3.05) is 46.8 Å². The van der Waals surface area contributed by atoms with Crippen LogP contribution in [0.2, 0.25) is 15.2 Å². The molecule has 0 atom stereocenters. The van der Waals surface area contributed by atoms with Crippen molar-refractivity contribution in [3.63, 3.8) is 0 Å². The van der Waals surface area contributed by atoms with Crippen molar-refractivity contribution in [3.05, 3.63) is 21.3 Å². The summed E-state index contributed by atoms with van der Waals surface area (Å²) in [4.78, 5) is 3.93. The molecule has 0 bridgehead atoms. The van der Waals surface area contributed by atoms with Gasteiger partial charge in [0.25, 0.3) is 0 Å². The van der Waals surface area contributed by atoms with E-state index >= 15 is 0 Å². The Labute approximate surface area is 133 Å². The van der Waals surface area contributed by atoms with Crippen molar-refractivity contribution in [1.82, 2.24) is 4.98 Å². The lowest BCUT2D eigenvalue weighted by molar-refractivity contribution is 0.0177. The van der Waals surface area contributed by atoms with Gasteiger partial charge in [0.2, 0.25) is 5.88 Å². The largest absolute Gasteiger partial charge is 0.474 e. The lowest BCUT2D eigenvalue weighted by Gasteiger charge is -2.09. The van der Waals surface area contributed by atoms with Gasteiger partial charge < -0.3 is 18.9 Å². The van der Waals surface area contributed by atoms with Crippen molar-refractivity contribution in [3.8, 4) is 5.88 Å². The zero-order chi connectivity index (χ0) is 14.8. The fourth-order valence-electron chi connectivity index (χ4n) is 1.19. The highest BCUT2D eigenvalue weighted by Gasteiger charge is 2.08. The van der Waals surface area contributed by atoms with Gasteiger partial charge in [0.15, 0.2) is 5.15 Å². The van der Waals surface area contributed by atoms with Gasteiger partial charge >= 0.3 is 0 Å². The van der Waals surface area contributed by atoms with Crippen LogP contribution in [-0.4, -0.2) is 51.7 Å². The van der Waals surface area contributed by atoms with Crippen LogP contribution in [0.3, 0.4) is 0 Å². The number of nitrogens with zero attached hydrogens (tertiary/aromatic N) is 1. The quantitative estimate of drug-likeness (QED) is 0.482. The van der Waals surface area contributed by atoms with E-state index in [2.05, 4.69) is 4.98 Å². The Balaban J connectivity index is 2.11. The van der Waals surface area contributed by atoms with Crippen molar-refractivity contribution in [2.45, 2.75) is 0 Å². The molecule has 0 spiro atoms. The Morgan fingerprint density at radius 2 is 1.50 bits per heavy atom. The monoisotopic (exact) mass is 343 g/mol. The minimum absolute atomic E-state index is 0.151. The highest BCUT2D eigenvalue weighted by Crippen LogP contribution is 2.30. The third-order valence-electron chi connectivity index (χ3n) is 2.12. The van der Waals surface area contributed by atoms with Gasteiger partial charge in [0.1, 0.15) is 11.6 Å². The third-order valence-corrected chi connectivity index (χ3v) is 3.07. The van der Waals surface area contributed by atoms with Crippen molar-refractivity contribution in [2.24, 2.45) is 0 Å². The van der Waals surface area contributed by atoms with E-state index in [0.717, 1.165) is 0 Å². The zero-order valence-corrected chi connectivity index (χ0v) is 13.3. The van der Waals surface area contributed by atoms with Crippen LogP contribution in [0.5, 0.6) is 5.88 Å². The highest BCUT2D eigenvalue weighted by atomic mass is 35.5. The molecule has 0 aromatic carbocycles. The summed E-state index contributed by atoms with van der Waals surface area (Å²) in [6.45, 7) is 2.82. The maximum Gasteiger partial charge on any atom is 0.234 e. The second-order valence-corrected chi connectivity index (χ2v) is 4.79. The second kappa shape index (κ2) is 10.4. The smallest absolute Gasteiger partial charge is 0.234 e. The first-order chi connectivity index (χ1) is 9.65. The van der Waals surface area contributed by atoms with Crippen LogP contribution in [-0.2, 0) is 14.2 Å². The molecular formula is C12H16Cl3NO4. The van der Waals surface area contributed by atoms with Gasteiger partial charge in [-0.1, -0.05) is 34.8 Å². The van der Waals surface area contributed by atoms with E-state index in [1.165, 1.54) is 6.07 Å². The van der Waals surface area contributed by atoms with E-state index in [1.54, 1.807) is 7.11 Å². The molecule has 0 saturated heterocycles. The molecule has 114 valence electrons. The molecule has 1 heterocycles. The molecule has 1 rings (SSSR count). The molecule has 8 heteroatoms. The molecule has 0 aliphatic heterocycles. The van der Waals surface area contributed by atoms with Crippen LogP contribution in [0.4, 0.5) is 0 Å². The number of halogens is 3. The van der Waals surface area contributed by atoms with Crippen LogP contribution >= 0.6 is 34.8 Å². The lowest BCUT2D eigenvalue weighted by Crippen LogP contribution is -2.12. The number of hydrogen-bond donors (Lipinski definition) is 0. The van der Waals surface area contributed by atoms with Gasteiger partial charge in [0, 0.05) is 7.11 Å². The number of ether oxygens (including phenoxy) is 4. The van der Waals surface area contributed by atoms with E-state index in [9.17, 15) is 0 Å². The topological polar surface area (TPSA) is 49.8 Å². The molecule has 20 heavy (non-hydrogen) atoms. The number of methoxy groups -OCH3 is 1. The maximum atomic E-state index is 5.91. The zero-order valence-electron chi connectivity index (χ0n) is 11.0. The summed E-state index contributed by atoms with van der Waals surface area (Å²) in [5, 5.41) is 0.745. The second-order valence-electron chi connectivity index (χ2n) is 3.61. The van der Waals surface area contributed by atoms with Gasteiger partial charge in [0.05, 0.1) is 38.1 Å². The minimum Gasteiger partial charge on any atom is -0.474 e. The van der Waals surface area contributed by atoms with Gasteiger partial charge in [-0.3, -0.25) is 0 Å². The average molecular weight is 345 g/mol. The maximum absolute atomic E-state index is 5.91. The minimum atomic E-state index is 0.151. The Bertz CT molecular complexity index is 407. The molecule has 0 N–H and O–H groups in total. The molecule has 0 amide bonds. The predicted octanol–water partition coefficient (Wildman–Crippen LogP) is 3.10. The molecule has 1 aromatic rings. The normalized spacial score (nSPS) is 10.8. The van der Waals surface area contributed by atoms with Crippen LogP contribution in [0.25, 0.3) is 0 Å². The van der Waals surface area contributed by atoms with Crippen LogP contribution in [0.1, 0.15) is 0 Å². The van der Waals surface area contributed by atoms with E-state index in [0.29, 0.717) is 44.7 Å². The van der Waals surface area contributed by atoms with E-state index in [1.807, 2.05) is 0 Å². The summed E-state index contributed by atoms with van der Waals surface area (Å²) in [5.74, 6) is 0.237. The van der Waals surface area contributed by atoms with Crippen molar-refractivity contribution < 1.29 is 18.9 Å². The van der Waals surface area contributed by atoms with E-state index in [-0.39, 0.29) is 16.1 Å². The Morgan fingerprint density at radius 1 is 0.900 bits per heavy atom.